The maximum Gasteiger partial charge on any atom is 0.322 e. The summed E-state index contributed by atoms with van der Waals surface area (Å²) in [4.78, 5) is 14.0. The maximum atomic E-state index is 12.2. The number of amides is 2. The van der Waals surface area contributed by atoms with Crippen molar-refractivity contribution in [3.8, 4) is 5.75 Å². The Morgan fingerprint density at radius 2 is 2.26 bits per heavy atom. The third-order valence-electron chi connectivity index (χ3n) is 3.48. The first-order chi connectivity index (χ1) is 9.34. The van der Waals surface area contributed by atoms with Crippen LogP contribution in [-0.4, -0.2) is 38.4 Å². The van der Waals surface area contributed by atoms with Gasteiger partial charge in [0.05, 0.1) is 18.3 Å². The van der Waals surface area contributed by atoms with Crippen LogP contribution in [0.3, 0.4) is 0 Å². The number of nitrogens with one attached hydrogen (secondary N) is 1. The van der Waals surface area contributed by atoms with E-state index in [2.05, 4.69) is 5.32 Å². The Morgan fingerprint density at radius 3 is 3.11 bits per heavy atom. The largest absolute Gasteiger partial charge is 0.490 e. The quantitative estimate of drug-likeness (QED) is 0.883. The molecule has 19 heavy (non-hydrogen) atoms. The lowest BCUT2D eigenvalue weighted by Crippen LogP contribution is -2.46. The highest BCUT2D eigenvalue weighted by atomic mass is 16.5. The van der Waals surface area contributed by atoms with Crippen molar-refractivity contribution in [1.82, 2.24) is 5.32 Å². The molecule has 0 saturated carbocycles. The minimum Gasteiger partial charge on any atom is -0.490 e. The maximum absolute atomic E-state index is 12.2. The molecule has 1 atom stereocenters. The zero-order chi connectivity index (χ0) is 13.1. The number of anilines is 1. The van der Waals surface area contributed by atoms with Gasteiger partial charge in [-0.25, -0.2) is 4.79 Å². The molecule has 1 aromatic rings. The summed E-state index contributed by atoms with van der Waals surface area (Å²) < 4.78 is 11.0. The summed E-state index contributed by atoms with van der Waals surface area (Å²) in [5.41, 5.74) is 0.832. The number of hydrogen-bond donors (Lipinski definition) is 1. The van der Waals surface area contributed by atoms with Crippen LogP contribution in [0.4, 0.5) is 10.5 Å². The van der Waals surface area contributed by atoms with Gasteiger partial charge < -0.3 is 14.8 Å². The molecule has 2 heterocycles. The number of benzene rings is 1. The molecule has 0 aromatic heterocycles. The number of fused-ring (bicyclic) bond motifs is 1. The lowest BCUT2D eigenvalue weighted by molar-refractivity contribution is 0.111. The van der Waals surface area contributed by atoms with E-state index in [9.17, 15) is 4.79 Å². The van der Waals surface area contributed by atoms with Crippen molar-refractivity contribution < 1.29 is 14.3 Å². The predicted molar refractivity (Wildman–Crippen MR) is 71.7 cm³/mol. The van der Waals surface area contributed by atoms with Gasteiger partial charge in [0.2, 0.25) is 0 Å². The van der Waals surface area contributed by atoms with E-state index in [1.54, 1.807) is 4.90 Å². The lowest BCUT2D eigenvalue weighted by atomic mass is 10.2. The Bertz CT molecular complexity index is 458. The molecule has 1 saturated heterocycles. The fourth-order valence-corrected chi connectivity index (χ4v) is 2.48. The molecule has 2 amide bonds. The fourth-order valence-electron chi connectivity index (χ4n) is 2.48. The van der Waals surface area contributed by atoms with Gasteiger partial charge in [-0.15, -0.1) is 0 Å². The van der Waals surface area contributed by atoms with Crippen molar-refractivity contribution in [1.29, 1.82) is 0 Å². The van der Waals surface area contributed by atoms with Gasteiger partial charge >= 0.3 is 6.03 Å². The number of para-hydroxylation sites is 2. The molecule has 2 aliphatic rings. The molecule has 0 spiro atoms. The number of carbonyl (C=O) groups excluding carboxylic acids is 1. The van der Waals surface area contributed by atoms with Crippen molar-refractivity contribution in [3.05, 3.63) is 24.3 Å². The van der Waals surface area contributed by atoms with Gasteiger partial charge in [-0.3, -0.25) is 4.90 Å². The molecule has 2 aliphatic heterocycles. The Kier molecular flexibility index (Phi) is 3.55. The molecular formula is C14H18N2O3. The third-order valence-corrected chi connectivity index (χ3v) is 3.48. The summed E-state index contributed by atoms with van der Waals surface area (Å²) in [6, 6.07) is 7.53. The molecule has 1 aromatic carbocycles. The number of ether oxygens (including phenoxy) is 2. The summed E-state index contributed by atoms with van der Waals surface area (Å²) in [5, 5.41) is 2.94. The highest BCUT2D eigenvalue weighted by Crippen LogP contribution is 2.30. The molecular weight excluding hydrogens is 244 g/mol. The van der Waals surface area contributed by atoms with Gasteiger partial charge in [0.1, 0.15) is 12.4 Å². The summed E-state index contributed by atoms with van der Waals surface area (Å²) >= 11 is 0. The van der Waals surface area contributed by atoms with Crippen molar-refractivity contribution in [2.75, 3.05) is 31.2 Å². The van der Waals surface area contributed by atoms with E-state index in [0.717, 1.165) is 30.9 Å². The highest BCUT2D eigenvalue weighted by Gasteiger charge is 2.24. The highest BCUT2D eigenvalue weighted by molar-refractivity contribution is 5.94. The Labute approximate surface area is 112 Å². The average Bonchev–Trinajstić information content (AvgIpc) is 2.97. The summed E-state index contributed by atoms with van der Waals surface area (Å²) in [5.74, 6) is 0.765. The van der Waals surface area contributed by atoms with Gasteiger partial charge in [-0.1, -0.05) is 12.1 Å². The van der Waals surface area contributed by atoms with Crippen molar-refractivity contribution in [2.24, 2.45) is 0 Å². The average molecular weight is 262 g/mol. The minimum absolute atomic E-state index is 0.0775. The van der Waals surface area contributed by atoms with Gasteiger partial charge in [-0.2, -0.15) is 0 Å². The van der Waals surface area contributed by atoms with Crippen LogP contribution in [0.2, 0.25) is 0 Å². The smallest absolute Gasteiger partial charge is 0.322 e. The molecule has 102 valence electrons. The number of nitrogens with zero attached hydrogens (tertiary/aromatic N) is 1. The van der Waals surface area contributed by atoms with Gasteiger partial charge in [-0.05, 0) is 25.0 Å². The Morgan fingerprint density at radius 1 is 1.37 bits per heavy atom. The number of rotatable bonds is 2. The van der Waals surface area contributed by atoms with E-state index in [1.165, 1.54) is 0 Å². The lowest BCUT2D eigenvalue weighted by Gasteiger charge is -2.29. The van der Waals surface area contributed by atoms with Crippen LogP contribution in [0.15, 0.2) is 24.3 Å². The zero-order valence-electron chi connectivity index (χ0n) is 10.8. The van der Waals surface area contributed by atoms with E-state index in [4.69, 9.17) is 9.47 Å². The molecule has 0 bridgehead atoms. The van der Waals surface area contributed by atoms with Gasteiger partial charge in [0, 0.05) is 13.2 Å². The second-order valence-electron chi connectivity index (χ2n) is 4.79. The second kappa shape index (κ2) is 5.48. The molecule has 0 radical (unpaired) electrons. The van der Waals surface area contributed by atoms with Crippen molar-refractivity contribution in [3.63, 3.8) is 0 Å². The number of carbonyl (C=O) groups is 1. The summed E-state index contributed by atoms with van der Waals surface area (Å²) in [6.07, 6.45) is 2.28. The summed E-state index contributed by atoms with van der Waals surface area (Å²) in [6.45, 7) is 2.50. The van der Waals surface area contributed by atoms with Crippen LogP contribution in [0.1, 0.15) is 12.8 Å². The standard InChI is InChI=1S/C14H18N2O3/c17-14(15-10-11-4-3-8-18-11)16-7-9-19-13-6-2-1-5-12(13)16/h1-2,5-6,11H,3-4,7-10H2,(H,15,17)/t11-/m0/s1. The third kappa shape index (κ3) is 2.66. The normalized spacial score (nSPS) is 21.7. The van der Waals surface area contributed by atoms with Crippen molar-refractivity contribution >= 4 is 11.7 Å². The second-order valence-corrected chi connectivity index (χ2v) is 4.79. The van der Waals surface area contributed by atoms with Crippen LogP contribution in [0, 0.1) is 0 Å². The monoisotopic (exact) mass is 262 g/mol. The van der Waals surface area contributed by atoms with Crippen LogP contribution >= 0.6 is 0 Å². The zero-order valence-corrected chi connectivity index (χ0v) is 10.8. The summed E-state index contributed by atoms with van der Waals surface area (Å²) in [7, 11) is 0. The Balaban J connectivity index is 1.64. The SMILES string of the molecule is O=C(NC[C@@H]1CCCO1)N1CCOc2ccccc21. The fraction of sp³-hybridized carbons (Fsp3) is 0.500. The first kappa shape index (κ1) is 12.3. The molecule has 5 nitrogen and oxygen atoms in total. The van der Waals surface area contributed by atoms with Gasteiger partial charge in [0.25, 0.3) is 0 Å². The van der Waals surface area contributed by atoms with Gasteiger partial charge in [0.15, 0.2) is 0 Å². The molecule has 0 aliphatic carbocycles. The topological polar surface area (TPSA) is 50.8 Å². The Hall–Kier alpha value is -1.75. The first-order valence-corrected chi connectivity index (χ1v) is 6.73. The van der Waals surface area contributed by atoms with Crippen LogP contribution in [0.25, 0.3) is 0 Å². The molecule has 5 heteroatoms. The number of hydrogen-bond acceptors (Lipinski definition) is 3. The predicted octanol–water partition coefficient (Wildman–Crippen LogP) is 1.77. The van der Waals surface area contributed by atoms with Crippen LogP contribution in [-0.2, 0) is 4.74 Å². The van der Waals surface area contributed by atoms with E-state index in [1.807, 2.05) is 24.3 Å². The van der Waals surface area contributed by atoms with Crippen molar-refractivity contribution in [2.45, 2.75) is 18.9 Å². The molecule has 0 unspecified atom stereocenters. The molecule has 1 fully saturated rings. The molecule has 1 N–H and O–H groups in total. The number of urea groups is 1. The van der Waals surface area contributed by atoms with E-state index in [-0.39, 0.29) is 12.1 Å². The first-order valence-electron chi connectivity index (χ1n) is 6.73. The molecule has 3 rings (SSSR count). The van der Waals surface area contributed by atoms with Crippen LogP contribution < -0.4 is 15.0 Å². The van der Waals surface area contributed by atoms with Crippen LogP contribution in [0.5, 0.6) is 5.75 Å². The van der Waals surface area contributed by atoms with E-state index in [0.29, 0.717) is 19.7 Å². The minimum atomic E-state index is -0.0775. The van der Waals surface area contributed by atoms with E-state index < -0.39 is 0 Å². The van der Waals surface area contributed by atoms with E-state index >= 15 is 0 Å².